The summed E-state index contributed by atoms with van der Waals surface area (Å²) in [5, 5.41) is 0. The molecule has 4 amide bonds. The Labute approximate surface area is 185 Å². The summed E-state index contributed by atoms with van der Waals surface area (Å²) in [6.07, 6.45) is 0. The molecule has 0 aromatic heterocycles. The zero-order chi connectivity index (χ0) is 22.7. The van der Waals surface area contributed by atoms with Gasteiger partial charge in [0.05, 0.1) is 26.5 Å². The highest BCUT2D eigenvalue weighted by molar-refractivity contribution is 6.29. The smallest absolute Gasteiger partial charge is 0.338 e. The first kappa shape index (κ1) is 21.1. The molecular formula is C25H22N2O5. The van der Waals surface area contributed by atoms with Crippen molar-refractivity contribution in [3.05, 3.63) is 90.0 Å². The highest BCUT2D eigenvalue weighted by Gasteiger charge is 2.47. The summed E-state index contributed by atoms with van der Waals surface area (Å²) in [7, 11) is 3.10. The standard InChI is InChI=1S/C25H22N2O5/c1-31-20-12-8-17(9-13-20)16-26-23(28)22(18-6-4-3-5-7-18)24(29)27(25(26)30)19-10-14-21(32-2)15-11-19/h3-15,22H,16H2,1-2H3. The highest BCUT2D eigenvalue weighted by atomic mass is 16.5. The number of imide groups is 2. The van der Waals surface area contributed by atoms with E-state index in [-0.39, 0.29) is 6.54 Å². The third-order valence-corrected chi connectivity index (χ3v) is 5.37. The summed E-state index contributed by atoms with van der Waals surface area (Å²) in [5.41, 5.74) is 1.64. The van der Waals surface area contributed by atoms with E-state index in [1.54, 1.807) is 79.9 Å². The van der Waals surface area contributed by atoms with Crippen molar-refractivity contribution in [3.63, 3.8) is 0 Å². The number of barbiturate groups is 1. The van der Waals surface area contributed by atoms with Crippen molar-refractivity contribution in [1.82, 2.24) is 4.90 Å². The number of hydrogen-bond acceptors (Lipinski definition) is 5. The zero-order valence-corrected chi connectivity index (χ0v) is 17.7. The van der Waals surface area contributed by atoms with Gasteiger partial charge in [0.25, 0.3) is 5.91 Å². The lowest BCUT2D eigenvalue weighted by molar-refractivity contribution is -0.137. The molecule has 1 fully saturated rings. The first-order valence-corrected chi connectivity index (χ1v) is 10.0. The van der Waals surface area contributed by atoms with Crippen molar-refractivity contribution in [3.8, 4) is 11.5 Å². The molecule has 1 heterocycles. The van der Waals surface area contributed by atoms with Crippen molar-refractivity contribution < 1.29 is 23.9 Å². The van der Waals surface area contributed by atoms with Crippen LogP contribution in [0.2, 0.25) is 0 Å². The lowest BCUT2D eigenvalue weighted by Crippen LogP contribution is -2.58. The summed E-state index contributed by atoms with van der Waals surface area (Å²) in [4.78, 5) is 42.3. The Morgan fingerprint density at radius 2 is 1.28 bits per heavy atom. The number of urea groups is 1. The van der Waals surface area contributed by atoms with Crippen LogP contribution in [0.1, 0.15) is 17.0 Å². The average molecular weight is 430 g/mol. The van der Waals surface area contributed by atoms with E-state index >= 15 is 0 Å². The van der Waals surface area contributed by atoms with Crippen LogP contribution in [0, 0.1) is 0 Å². The van der Waals surface area contributed by atoms with Crippen LogP contribution >= 0.6 is 0 Å². The summed E-state index contributed by atoms with van der Waals surface area (Å²) in [5.74, 6) is -0.984. The number of methoxy groups -OCH3 is 2. The Bertz CT molecular complexity index is 1130. The topological polar surface area (TPSA) is 76.2 Å². The van der Waals surface area contributed by atoms with Gasteiger partial charge in [-0.3, -0.25) is 14.5 Å². The van der Waals surface area contributed by atoms with Crippen molar-refractivity contribution >= 4 is 23.5 Å². The molecule has 1 aliphatic heterocycles. The van der Waals surface area contributed by atoms with Gasteiger partial charge in [0, 0.05) is 0 Å². The second-order valence-corrected chi connectivity index (χ2v) is 7.27. The Morgan fingerprint density at radius 3 is 1.84 bits per heavy atom. The van der Waals surface area contributed by atoms with Gasteiger partial charge in [-0.2, -0.15) is 0 Å². The van der Waals surface area contributed by atoms with Gasteiger partial charge in [0.2, 0.25) is 5.91 Å². The lowest BCUT2D eigenvalue weighted by Gasteiger charge is -2.37. The molecule has 7 nitrogen and oxygen atoms in total. The first-order valence-electron chi connectivity index (χ1n) is 10.0. The first-order chi connectivity index (χ1) is 15.5. The van der Waals surface area contributed by atoms with Crippen LogP contribution in [0.5, 0.6) is 11.5 Å². The number of carbonyl (C=O) groups excluding carboxylic acids is 3. The molecule has 7 heteroatoms. The molecule has 1 unspecified atom stereocenters. The third-order valence-electron chi connectivity index (χ3n) is 5.37. The van der Waals surface area contributed by atoms with Gasteiger partial charge >= 0.3 is 6.03 Å². The van der Waals surface area contributed by atoms with Crippen LogP contribution in [-0.2, 0) is 16.1 Å². The predicted molar refractivity (Wildman–Crippen MR) is 119 cm³/mol. The van der Waals surface area contributed by atoms with Gasteiger partial charge in [0.15, 0.2) is 0 Å². The molecule has 162 valence electrons. The zero-order valence-electron chi connectivity index (χ0n) is 17.7. The molecule has 0 bridgehead atoms. The van der Waals surface area contributed by atoms with Crippen molar-refractivity contribution in [2.75, 3.05) is 19.1 Å². The number of anilines is 1. The highest BCUT2D eigenvalue weighted by Crippen LogP contribution is 2.32. The minimum Gasteiger partial charge on any atom is -0.497 e. The van der Waals surface area contributed by atoms with Crippen LogP contribution in [0.3, 0.4) is 0 Å². The maximum absolute atomic E-state index is 13.4. The van der Waals surface area contributed by atoms with Crippen molar-refractivity contribution in [1.29, 1.82) is 0 Å². The maximum Gasteiger partial charge on any atom is 0.338 e. The minimum atomic E-state index is -1.12. The van der Waals surface area contributed by atoms with E-state index in [1.807, 2.05) is 6.07 Å². The number of hydrogen-bond donors (Lipinski definition) is 0. The molecule has 1 saturated heterocycles. The van der Waals surface area contributed by atoms with E-state index in [4.69, 9.17) is 9.47 Å². The van der Waals surface area contributed by atoms with Crippen LogP contribution in [0.4, 0.5) is 10.5 Å². The number of amides is 4. The van der Waals surface area contributed by atoms with E-state index < -0.39 is 23.8 Å². The number of nitrogens with zero attached hydrogens (tertiary/aromatic N) is 2. The summed E-state index contributed by atoms with van der Waals surface area (Å²) < 4.78 is 10.3. The Morgan fingerprint density at radius 1 is 0.719 bits per heavy atom. The fourth-order valence-corrected chi connectivity index (χ4v) is 3.66. The molecule has 3 aromatic rings. The largest absolute Gasteiger partial charge is 0.497 e. The van der Waals surface area contributed by atoms with E-state index in [0.29, 0.717) is 22.7 Å². The normalized spacial score (nSPS) is 16.3. The molecule has 32 heavy (non-hydrogen) atoms. The molecule has 0 aliphatic carbocycles. The summed E-state index contributed by atoms with van der Waals surface area (Å²) in [6.45, 7) is 0.0327. The van der Waals surface area contributed by atoms with Gasteiger partial charge in [-0.25, -0.2) is 9.69 Å². The number of carbonyl (C=O) groups is 3. The molecule has 0 N–H and O–H groups in total. The minimum absolute atomic E-state index is 0.0327. The number of benzene rings is 3. The van der Waals surface area contributed by atoms with E-state index in [1.165, 1.54) is 7.11 Å². The molecule has 0 spiro atoms. The van der Waals surface area contributed by atoms with E-state index in [2.05, 4.69) is 0 Å². The monoisotopic (exact) mass is 430 g/mol. The summed E-state index contributed by atoms with van der Waals surface area (Å²) >= 11 is 0. The number of rotatable bonds is 6. The van der Waals surface area contributed by atoms with Crippen LogP contribution < -0.4 is 14.4 Å². The molecule has 0 radical (unpaired) electrons. The molecule has 3 aromatic carbocycles. The van der Waals surface area contributed by atoms with Gasteiger partial charge in [0.1, 0.15) is 17.4 Å². The average Bonchev–Trinajstić information content (AvgIpc) is 2.83. The van der Waals surface area contributed by atoms with Crippen LogP contribution in [-0.4, -0.2) is 37.0 Å². The molecule has 1 aliphatic rings. The molecule has 1 atom stereocenters. The lowest BCUT2D eigenvalue weighted by atomic mass is 9.93. The Balaban J connectivity index is 1.74. The van der Waals surface area contributed by atoms with Gasteiger partial charge in [-0.05, 0) is 47.5 Å². The second kappa shape index (κ2) is 8.93. The van der Waals surface area contributed by atoms with Gasteiger partial charge in [-0.1, -0.05) is 42.5 Å². The van der Waals surface area contributed by atoms with Gasteiger partial charge < -0.3 is 9.47 Å². The predicted octanol–water partition coefficient (Wildman–Crippen LogP) is 3.98. The third kappa shape index (κ3) is 3.92. The summed E-state index contributed by atoms with van der Waals surface area (Å²) in [6, 6.07) is 21.7. The van der Waals surface area contributed by atoms with Gasteiger partial charge in [-0.15, -0.1) is 0 Å². The Hall–Kier alpha value is -4.13. The SMILES string of the molecule is COc1ccc(CN2C(=O)C(c3ccccc3)C(=O)N(c3ccc(OC)cc3)C2=O)cc1. The van der Waals surface area contributed by atoms with E-state index in [0.717, 1.165) is 15.4 Å². The number of ether oxygens (including phenoxy) is 2. The van der Waals surface area contributed by atoms with E-state index in [9.17, 15) is 14.4 Å². The van der Waals surface area contributed by atoms with Crippen molar-refractivity contribution in [2.45, 2.75) is 12.5 Å². The quantitative estimate of drug-likeness (QED) is 0.553. The molecule has 4 rings (SSSR count). The van der Waals surface area contributed by atoms with Crippen molar-refractivity contribution in [2.24, 2.45) is 0 Å². The molecule has 0 saturated carbocycles. The fraction of sp³-hybridized carbons (Fsp3) is 0.160. The van der Waals surface area contributed by atoms with Crippen LogP contribution in [0.15, 0.2) is 78.9 Å². The Kier molecular flexibility index (Phi) is 5.89. The maximum atomic E-state index is 13.4. The molecular weight excluding hydrogens is 408 g/mol. The second-order valence-electron chi connectivity index (χ2n) is 7.27. The fourth-order valence-electron chi connectivity index (χ4n) is 3.66. The van der Waals surface area contributed by atoms with Crippen LogP contribution in [0.25, 0.3) is 0 Å².